The number of nitrogens with one attached hydrogen (secondary N) is 1. The number of pyridine rings is 2. The highest BCUT2D eigenvalue weighted by atomic mass is 19.1. The van der Waals surface area contributed by atoms with Gasteiger partial charge in [-0.05, 0) is 12.8 Å². The molecule has 1 aliphatic heterocycles. The van der Waals surface area contributed by atoms with Gasteiger partial charge in [0.05, 0.1) is 5.39 Å². The number of carbonyl (C=O) groups excluding carboxylic acids is 1. The van der Waals surface area contributed by atoms with Crippen molar-refractivity contribution in [2.24, 2.45) is 11.5 Å². The topological polar surface area (TPSA) is 118 Å². The normalized spacial score (nSPS) is 17.9. The van der Waals surface area contributed by atoms with Crippen molar-refractivity contribution in [3.63, 3.8) is 0 Å². The van der Waals surface area contributed by atoms with Gasteiger partial charge in [0.15, 0.2) is 11.6 Å². The van der Waals surface area contributed by atoms with E-state index in [9.17, 15) is 14.0 Å². The van der Waals surface area contributed by atoms with Crippen LogP contribution in [0.4, 0.5) is 10.2 Å². The summed E-state index contributed by atoms with van der Waals surface area (Å²) in [6, 6.07) is -0.0201. The Kier molecular flexibility index (Phi) is 3.77. The Morgan fingerprint density at radius 3 is 2.87 bits per heavy atom. The van der Waals surface area contributed by atoms with Gasteiger partial charge in [0.25, 0.3) is 5.91 Å². The molecular formula is C15H18FN5O2. The molecule has 1 atom stereocenters. The highest BCUT2D eigenvalue weighted by Crippen LogP contribution is 2.27. The SMILES string of the molecule is CCc1c(F)c(N2CCC(N)C2)nc2[nH]cc(C(N)=O)c(=O)c12. The maximum Gasteiger partial charge on any atom is 0.254 e. The second-order valence-corrected chi connectivity index (χ2v) is 5.70. The van der Waals surface area contributed by atoms with E-state index < -0.39 is 17.2 Å². The third-order valence-electron chi connectivity index (χ3n) is 4.19. The molecule has 23 heavy (non-hydrogen) atoms. The van der Waals surface area contributed by atoms with Crippen LogP contribution in [-0.4, -0.2) is 35.0 Å². The van der Waals surface area contributed by atoms with Crippen LogP contribution in [0, 0.1) is 5.82 Å². The maximum atomic E-state index is 14.9. The molecule has 7 nitrogen and oxygen atoms in total. The van der Waals surface area contributed by atoms with Crippen LogP contribution in [0.15, 0.2) is 11.0 Å². The van der Waals surface area contributed by atoms with Crippen LogP contribution >= 0.6 is 0 Å². The fourth-order valence-electron chi connectivity index (χ4n) is 2.99. The molecule has 1 unspecified atom stereocenters. The Morgan fingerprint density at radius 1 is 1.57 bits per heavy atom. The van der Waals surface area contributed by atoms with Crippen molar-refractivity contribution in [3.8, 4) is 0 Å². The van der Waals surface area contributed by atoms with Crippen molar-refractivity contribution in [3.05, 3.63) is 33.4 Å². The van der Waals surface area contributed by atoms with Crippen molar-refractivity contribution in [1.29, 1.82) is 0 Å². The zero-order valence-corrected chi connectivity index (χ0v) is 12.7. The van der Waals surface area contributed by atoms with Crippen molar-refractivity contribution in [1.82, 2.24) is 9.97 Å². The van der Waals surface area contributed by atoms with E-state index in [1.165, 1.54) is 6.20 Å². The van der Waals surface area contributed by atoms with Gasteiger partial charge in [-0.25, -0.2) is 9.37 Å². The van der Waals surface area contributed by atoms with Crippen LogP contribution in [0.25, 0.3) is 11.0 Å². The first-order valence-electron chi connectivity index (χ1n) is 7.48. The van der Waals surface area contributed by atoms with Gasteiger partial charge in [0, 0.05) is 30.9 Å². The molecule has 0 saturated carbocycles. The third-order valence-corrected chi connectivity index (χ3v) is 4.19. The van der Waals surface area contributed by atoms with Crippen molar-refractivity contribution < 1.29 is 9.18 Å². The third kappa shape index (κ3) is 2.44. The second kappa shape index (κ2) is 5.62. The second-order valence-electron chi connectivity index (χ2n) is 5.70. The van der Waals surface area contributed by atoms with Crippen LogP contribution in [-0.2, 0) is 6.42 Å². The van der Waals surface area contributed by atoms with Gasteiger partial charge in [0.2, 0.25) is 5.43 Å². The molecule has 0 aromatic carbocycles. The molecule has 0 radical (unpaired) electrons. The van der Waals surface area contributed by atoms with E-state index in [-0.39, 0.29) is 34.0 Å². The van der Waals surface area contributed by atoms with Gasteiger partial charge in [0.1, 0.15) is 11.2 Å². The van der Waals surface area contributed by atoms with E-state index in [1.54, 1.807) is 11.8 Å². The molecule has 1 saturated heterocycles. The zero-order chi connectivity index (χ0) is 16.7. The lowest BCUT2D eigenvalue weighted by Crippen LogP contribution is -2.29. The molecule has 122 valence electrons. The molecule has 5 N–H and O–H groups in total. The number of aromatic nitrogens is 2. The summed E-state index contributed by atoms with van der Waals surface area (Å²) in [7, 11) is 0. The summed E-state index contributed by atoms with van der Waals surface area (Å²) in [5.41, 5.74) is 10.7. The maximum absolute atomic E-state index is 14.9. The summed E-state index contributed by atoms with van der Waals surface area (Å²) < 4.78 is 14.9. The lowest BCUT2D eigenvalue weighted by molar-refractivity contribution is 0.0999. The van der Waals surface area contributed by atoms with Crippen LogP contribution in [0.1, 0.15) is 29.3 Å². The Labute approximate surface area is 131 Å². The van der Waals surface area contributed by atoms with E-state index >= 15 is 0 Å². The zero-order valence-electron chi connectivity index (χ0n) is 12.7. The van der Waals surface area contributed by atoms with E-state index in [1.807, 2.05) is 0 Å². The monoisotopic (exact) mass is 319 g/mol. The largest absolute Gasteiger partial charge is 0.365 e. The molecule has 1 fully saturated rings. The van der Waals surface area contributed by atoms with Crippen LogP contribution in [0.5, 0.6) is 0 Å². The van der Waals surface area contributed by atoms with Crippen molar-refractivity contribution in [2.45, 2.75) is 25.8 Å². The van der Waals surface area contributed by atoms with Gasteiger partial charge in [-0.1, -0.05) is 6.92 Å². The number of anilines is 1. The summed E-state index contributed by atoms with van der Waals surface area (Å²) >= 11 is 0. The number of aromatic amines is 1. The lowest BCUT2D eigenvalue weighted by Gasteiger charge is -2.20. The van der Waals surface area contributed by atoms with Gasteiger partial charge in [-0.2, -0.15) is 0 Å². The van der Waals surface area contributed by atoms with Crippen LogP contribution in [0.3, 0.4) is 0 Å². The first-order chi connectivity index (χ1) is 10.9. The molecule has 2 aromatic heterocycles. The fraction of sp³-hybridized carbons (Fsp3) is 0.400. The summed E-state index contributed by atoms with van der Waals surface area (Å²) in [5, 5.41) is 0.0774. The number of halogens is 1. The first-order valence-corrected chi connectivity index (χ1v) is 7.48. The summed E-state index contributed by atoms with van der Waals surface area (Å²) in [4.78, 5) is 32.6. The van der Waals surface area contributed by atoms with E-state index in [2.05, 4.69) is 9.97 Å². The lowest BCUT2D eigenvalue weighted by atomic mass is 10.1. The number of primary amides is 1. The number of hydrogen-bond donors (Lipinski definition) is 3. The molecular weight excluding hydrogens is 301 g/mol. The quantitative estimate of drug-likeness (QED) is 0.750. The average Bonchev–Trinajstić information content (AvgIpc) is 2.93. The Hall–Kier alpha value is -2.48. The Morgan fingerprint density at radius 2 is 2.30 bits per heavy atom. The fourth-order valence-corrected chi connectivity index (χ4v) is 2.99. The van der Waals surface area contributed by atoms with E-state index in [0.717, 1.165) is 6.42 Å². The molecule has 2 aromatic rings. The van der Waals surface area contributed by atoms with Gasteiger partial charge in [-0.15, -0.1) is 0 Å². The number of nitrogens with two attached hydrogens (primary N) is 2. The number of hydrogen-bond acceptors (Lipinski definition) is 5. The summed E-state index contributed by atoms with van der Waals surface area (Å²) in [5.74, 6) is -1.21. The minimum Gasteiger partial charge on any atom is -0.365 e. The molecule has 0 bridgehead atoms. The van der Waals surface area contributed by atoms with Gasteiger partial charge in [-0.3, -0.25) is 9.59 Å². The number of aryl methyl sites for hydroxylation is 1. The first kappa shape index (κ1) is 15.4. The molecule has 0 spiro atoms. The Bertz CT molecular complexity index is 848. The summed E-state index contributed by atoms with van der Waals surface area (Å²) in [6.45, 7) is 2.87. The van der Waals surface area contributed by atoms with Crippen LogP contribution in [0.2, 0.25) is 0 Å². The number of amides is 1. The smallest absolute Gasteiger partial charge is 0.254 e. The van der Waals surface area contributed by atoms with Gasteiger partial charge >= 0.3 is 0 Å². The molecule has 8 heteroatoms. The minimum atomic E-state index is -0.856. The molecule has 0 aliphatic carbocycles. The highest BCUT2D eigenvalue weighted by molar-refractivity contribution is 5.96. The van der Waals surface area contributed by atoms with Crippen LogP contribution < -0.4 is 21.8 Å². The number of H-pyrrole nitrogens is 1. The molecule has 1 amide bonds. The average molecular weight is 319 g/mol. The molecule has 3 heterocycles. The van der Waals surface area contributed by atoms with E-state index in [4.69, 9.17) is 11.5 Å². The van der Waals surface area contributed by atoms with Crippen molar-refractivity contribution >= 4 is 22.8 Å². The molecule has 1 aliphatic rings. The van der Waals surface area contributed by atoms with Gasteiger partial charge < -0.3 is 21.4 Å². The minimum absolute atomic E-state index is 0.0201. The predicted molar refractivity (Wildman–Crippen MR) is 85.0 cm³/mol. The predicted octanol–water partition coefficient (Wildman–Crippen LogP) is 0.261. The number of nitrogens with zero attached hydrogens (tertiary/aromatic N) is 2. The standard InChI is InChI=1S/C15H18FN5O2/c1-2-8-10-12(22)9(13(18)23)5-19-14(10)20-15(11(8)16)21-4-3-7(17)6-21/h5,7H,2-4,6,17H2,1H3,(H2,18,23)(H,19,20,22). The van der Waals surface area contributed by atoms with E-state index in [0.29, 0.717) is 19.5 Å². The summed E-state index contributed by atoms with van der Waals surface area (Å²) in [6.07, 6.45) is 2.28. The Balaban J connectivity index is 2.28. The van der Waals surface area contributed by atoms with Crippen molar-refractivity contribution in [2.75, 3.05) is 18.0 Å². The number of carbonyl (C=O) groups is 1. The highest BCUT2D eigenvalue weighted by Gasteiger charge is 2.26. The number of fused-ring (bicyclic) bond motifs is 1. The number of rotatable bonds is 3. The molecule has 3 rings (SSSR count).